The number of anilines is 2. The zero-order chi connectivity index (χ0) is 28.1. The van der Waals surface area contributed by atoms with Crippen LogP contribution >= 0.6 is 0 Å². The van der Waals surface area contributed by atoms with Gasteiger partial charge in [-0.3, -0.25) is 24.7 Å². The number of nitrogens with one attached hydrogen (secondary N) is 3. The van der Waals surface area contributed by atoms with Gasteiger partial charge in [-0.25, -0.2) is 4.79 Å². The van der Waals surface area contributed by atoms with Crippen molar-refractivity contribution >= 4 is 46.0 Å². The minimum atomic E-state index is -0.868. The summed E-state index contributed by atoms with van der Waals surface area (Å²) in [4.78, 5) is 59.0. The number of imide groups is 1. The maximum atomic E-state index is 12.8. The van der Waals surface area contributed by atoms with Gasteiger partial charge in [0.05, 0.1) is 17.8 Å². The van der Waals surface area contributed by atoms with Gasteiger partial charge in [0.15, 0.2) is 0 Å². The van der Waals surface area contributed by atoms with E-state index < -0.39 is 11.0 Å². The Morgan fingerprint density at radius 1 is 1.05 bits per heavy atom. The van der Waals surface area contributed by atoms with Gasteiger partial charge in [0.2, 0.25) is 11.8 Å². The molecule has 10 heteroatoms. The molecule has 3 aliphatic heterocycles. The predicted molar refractivity (Wildman–Crippen MR) is 151 cm³/mol. The number of aromatic nitrogens is 1. The van der Waals surface area contributed by atoms with Gasteiger partial charge < -0.3 is 20.4 Å². The Morgan fingerprint density at radius 2 is 1.85 bits per heavy atom. The van der Waals surface area contributed by atoms with Gasteiger partial charge >= 0.3 is 6.03 Å². The van der Waals surface area contributed by atoms with E-state index in [9.17, 15) is 19.2 Å². The minimum absolute atomic E-state index is 0.0316. The zero-order valence-corrected chi connectivity index (χ0v) is 22.8. The second-order valence-corrected chi connectivity index (χ2v) is 12.4. The van der Waals surface area contributed by atoms with E-state index in [2.05, 4.69) is 45.1 Å². The van der Waals surface area contributed by atoms with Crippen molar-refractivity contribution in [3.63, 3.8) is 0 Å². The average Bonchev–Trinajstić information content (AvgIpc) is 3.62. The molecular formula is C31H30N6O4. The third-order valence-corrected chi connectivity index (χ3v) is 9.71. The lowest BCUT2D eigenvalue weighted by Crippen LogP contribution is -2.48. The maximum Gasteiger partial charge on any atom is 0.324 e. The first-order chi connectivity index (χ1) is 19.7. The van der Waals surface area contributed by atoms with Gasteiger partial charge in [-0.05, 0) is 54.3 Å². The van der Waals surface area contributed by atoms with Gasteiger partial charge in [-0.15, -0.1) is 0 Å². The van der Waals surface area contributed by atoms with Crippen molar-refractivity contribution < 1.29 is 19.2 Å². The number of rotatable bonds is 5. The molecule has 0 radical (unpaired) electrons. The van der Waals surface area contributed by atoms with E-state index in [1.165, 1.54) is 4.90 Å². The van der Waals surface area contributed by atoms with Crippen LogP contribution in [0.4, 0.5) is 16.2 Å². The molecule has 2 aromatic carbocycles. The molecule has 2 atom stereocenters. The Morgan fingerprint density at radius 3 is 2.61 bits per heavy atom. The first kappa shape index (κ1) is 24.3. The fourth-order valence-electron chi connectivity index (χ4n) is 7.39. The van der Waals surface area contributed by atoms with Gasteiger partial charge in [0.1, 0.15) is 5.54 Å². The van der Waals surface area contributed by atoms with E-state index in [4.69, 9.17) is 4.98 Å². The lowest BCUT2D eigenvalue weighted by Gasteiger charge is -2.35. The first-order valence-corrected chi connectivity index (χ1v) is 14.2. The molecule has 3 N–H and O–H groups in total. The van der Waals surface area contributed by atoms with Gasteiger partial charge in [-0.2, -0.15) is 0 Å². The number of carbonyl (C=O) groups excluding carboxylic acids is 4. The van der Waals surface area contributed by atoms with Crippen LogP contribution in [0.5, 0.6) is 0 Å². The Kier molecular flexibility index (Phi) is 4.91. The van der Waals surface area contributed by atoms with Gasteiger partial charge in [-0.1, -0.05) is 12.1 Å². The van der Waals surface area contributed by atoms with Crippen LogP contribution in [0.1, 0.15) is 41.6 Å². The summed E-state index contributed by atoms with van der Waals surface area (Å²) >= 11 is 0. The van der Waals surface area contributed by atoms with Crippen LogP contribution in [0.25, 0.3) is 10.9 Å². The van der Waals surface area contributed by atoms with Crippen LogP contribution in [-0.4, -0.2) is 59.3 Å². The number of nitrogens with zero attached hydrogens (tertiary/aromatic N) is 3. The van der Waals surface area contributed by atoms with Crippen molar-refractivity contribution in [3.8, 4) is 0 Å². The molecule has 1 spiro atoms. The van der Waals surface area contributed by atoms with E-state index in [1.54, 1.807) is 7.05 Å². The lowest BCUT2D eigenvalue weighted by atomic mass is 9.76. The number of likely N-dealkylation sites (N-methyl/N-ethyl adjacent to an activating group) is 1. The SMILES string of the molecule is CN1C(=O)NC(=O)C12Cc1cc3ccc(CN4CC5(CNC(=O)C6CC6)CC(=O)Nc6cccc4c65)nc3cc1C2. The third kappa shape index (κ3) is 3.59. The fourth-order valence-corrected chi connectivity index (χ4v) is 7.39. The normalized spacial score (nSPS) is 25.9. The van der Waals surface area contributed by atoms with Crippen LogP contribution in [0.2, 0.25) is 0 Å². The largest absolute Gasteiger partial charge is 0.364 e. The predicted octanol–water partition coefficient (Wildman–Crippen LogP) is 2.38. The molecule has 208 valence electrons. The van der Waals surface area contributed by atoms with Crippen LogP contribution < -0.4 is 20.9 Å². The first-order valence-electron chi connectivity index (χ1n) is 14.2. The Bertz CT molecular complexity index is 1720. The summed E-state index contributed by atoms with van der Waals surface area (Å²) in [6, 6.07) is 13.9. The standard InChI is InChI=1S/C31H30N6O4/c1-36-29(41)35-28(40)31(36)11-19-9-18-7-8-21(33-23(18)10-20(19)12-31)14-37-16-30(15-32-27(39)17-5-6-17)13-25(38)34-22-3-2-4-24(37)26(22)30/h2-4,7-10,17H,5-6,11-16H2,1H3,(H,32,39)(H,34,38)(H,35,40,41). The highest BCUT2D eigenvalue weighted by atomic mass is 16.2. The molecule has 2 unspecified atom stereocenters. The highest BCUT2D eigenvalue weighted by molar-refractivity contribution is 6.08. The number of hydrogen-bond acceptors (Lipinski definition) is 6. The van der Waals surface area contributed by atoms with Crippen molar-refractivity contribution in [3.05, 3.63) is 64.8 Å². The molecule has 4 heterocycles. The molecule has 5 amide bonds. The smallest absolute Gasteiger partial charge is 0.324 e. The van der Waals surface area contributed by atoms with Crippen LogP contribution in [0, 0.1) is 5.92 Å². The number of amides is 5. The van der Waals surface area contributed by atoms with Crippen molar-refractivity contribution in [1.82, 2.24) is 20.5 Å². The summed E-state index contributed by atoms with van der Waals surface area (Å²) in [6.45, 7) is 1.60. The molecule has 1 saturated carbocycles. The van der Waals surface area contributed by atoms with E-state index in [1.807, 2.05) is 18.2 Å². The molecule has 10 nitrogen and oxygen atoms in total. The molecule has 3 aromatic rings. The highest BCUT2D eigenvalue weighted by Crippen LogP contribution is 2.50. The van der Waals surface area contributed by atoms with Crippen molar-refractivity contribution in [2.75, 3.05) is 30.4 Å². The molecule has 2 fully saturated rings. The summed E-state index contributed by atoms with van der Waals surface area (Å²) in [7, 11) is 1.68. The molecule has 41 heavy (non-hydrogen) atoms. The summed E-state index contributed by atoms with van der Waals surface area (Å²) in [5.74, 6) is -0.0823. The Balaban J connectivity index is 1.10. The fraction of sp³-hybridized carbons (Fsp3) is 0.387. The van der Waals surface area contributed by atoms with Crippen LogP contribution in [0.15, 0.2) is 42.5 Å². The number of urea groups is 1. The Hall–Kier alpha value is -4.47. The second kappa shape index (κ2) is 8.28. The molecular weight excluding hydrogens is 520 g/mol. The number of pyridine rings is 1. The van der Waals surface area contributed by atoms with Gasteiger partial charge in [0.25, 0.3) is 5.91 Å². The van der Waals surface area contributed by atoms with Crippen LogP contribution in [-0.2, 0) is 39.2 Å². The molecule has 5 aliphatic rings. The molecule has 2 aliphatic carbocycles. The lowest BCUT2D eigenvalue weighted by molar-refractivity contribution is -0.126. The summed E-state index contributed by atoms with van der Waals surface area (Å²) in [5, 5.41) is 9.63. The van der Waals surface area contributed by atoms with Crippen molar-refractivity contribution in [2.45, 2.75) is 49.6 Å². The van der Waals surface area contributed by atoms with Crippen molar-refractivity contribution in [2.24, 2.45) is 5.92 Å². The van der Waals surface area contributed by atoms with E-state index >= 15 is 0 Å². The maximum absolute atomic E-state index is 12.8. The minimum Gasteiger partial charge on any atom is -0.364 e. The van der Waals surface area contributed by atoms with Crippen LogP contribution in [0.3, 0.4) is 0 Å². The third-order valence-electron chi connectivity index (χ3n) is 9.71. The van der Waals surface area contributed by atoms with Crippen molar-refractivity contribution in [1.29, 1.82) is 0 Å². The summed E-state index contributed by atoms with van der Waals surface area (Å²) < 4.78 is 0. The molecule has 0 bridgehead atoms. The summed E-state index contributed by atoms with van der Waals surface area (Å²) in [5.41, 5.74) is 5.45. The highest BCUT2D eigenvalue weighted by Gasteiger charge is 2.54. The monoisotopic (exact) mass is 550 g/mol. The van der Waals surface area contributed by atoms with E-state index in [0.717, 1.165) is 57.5 Å². The zero-order valence-electron chi connectivity index (χ0n) is 22.8. The topological polar surface area (TPSA) is 124 Å². The van der Waals surface area contributed by atoms with Gasteiger partial charge in [0, 0.05) is 73.1 Å². The number of hydrogen-bond donors (Lipinski definition) is 3. The quantitative estimate of drug-likeness (QED) is 0.419. The summed E-state index contributed by atoms with van der Waals surface area (Å²) in [6.07, 6.45) is 3.16. The molecule has 1 saturated heterocycles. The molecule has 1 aromatic heterocycles. The Labute approximate surface area is 236 Å². The number of benzene rings is 2. The molecule has 8 rings (SSSR count). The second-order valence-electron chi connectivity index (χ2n) is 12.4. The average molecular weight is 551 g/mol. The van der Waals surface area contributed by atoms with E-state index in [-0.39, 0.29) is 29.7 Å². The van der Waals surface area contributed by atoms with E-state index in [0.29, 0.717) is 38.9 Å². The number of fused-ring (bicyclic) bond motifs is 2. The number of carbonyl (C=O) groups is 4.